The second kappa shape index (κ2) is 4.25. The summed E-state index contributed by atoms with van der Waals surface area (Å²) in [6.45, 7) is 0. The van der Waals surface area contributed by atoms with Crippen LogP contribution in [0.4, 0.5) is 19.3 Å². The quantitative estimate of drug-likeness (QED) is 0.868. The topological polar surface area (TPSA) is 59.6 Å². The van der Waals surface area contributed by atoms with E-state index in [2.05, 4.69) is 20.1 Å². The molecule has 0 radical (unpaired) electrons. The van der Waals surface area contributed by atoms with Crippen molar-refractivity contribution < 1.29 is 23.0 Å². The molecule has 1 aromatic carbocycles. The molecule has 0 aromatic heterocycles. The molecule has 1 aliphatic heterocycles. The molecule has 0 unspecified atom stereocenters. The summed E-state index contributed by atoms with van der Waals surface area (Å²) in [6, 6.07) is 3.96. The van der Waals surface area contributed by atoms with Gasteiger partial charge in [0.15, 0.2) is 11.5 Å². The van der Waals surface area contributed by atoms with E-state index in [0.29, 0.717) is 5.69 Å². The van der Waals surface area contributed by atoms with E-state index in [-0.39, 0.29) is 23.6 Å². The van der Waals surface area contributed by atoms with Crippen molar-refractivity contribution >= 4 is 11.7 Å². The standard InChI is InChI=1S/C12H12F2N2O3/c13-12(14)18-9-5-4-8(6-10(9)19-12)16-11(17)15-7-2-1-3-7/h4-7H,1-3H2,(H2,15,16,17). The van der Waals surface area contributed by atoms with Gasteiger partial charge in [0, 0.05) is 17.8 Å². The second-order valence-corrected chi connectivity index (χ2v) is 4.56. The zero-order valence-electron chi connectivity index (χ0n) is 9.91. The summed E-state index contributed by atoms with van der Waals surface area (Å²) >= 11 is 0. The van der Waals surface area contributed by atoms with Gasteiger partial charge in [-0.25, -0.2) is 4.79 Å². The summed E-state index contributed by atoms with van der Waals surface area (Å²) in [5.74, 6) is -0.138. The lowest BCUT2D eigenvalue weighted by Gasteiger charge is -2.26. The van der Waals surface area contributed by atoms with E-state index in [1.807, 2.05) is 0 Å². The molecule has 1 aromatic rings. The van der Waals surface area contributed by atoms with Crippen molar-refractivity contribution in [2.24, 2.45) is 0 Å². The first kappa shape index (κ1) is 12.0. The molecule has 1 aliphatic carbocycles. The summed E-state index contributed by atoms with van der Waals surface area (Å²) in [6.07, 6.45) is -0.583. The van der Waals surface area contributed by atoms with Gasteiger partial charge in [0.2, 0.25) is 0 Å². The van der Waals surface area contributed by atoms with Crippen molar-refractivity contribution in [1.29, 1.82) is 0 Å². The maximum absolute atomic E-state index is 12.8. The lowest BCUT2D eigenvalue weighted by molar-refractivity contribution is -0.286. The number of anilines is 1. The number of alkyl halides is 2. The Morgan fingerprint density at radius 2 is 2.00 bits per heavy atom. The Hall–Kier alpha value is -2.05. The highest BCUT2D eigenvalue weighted by Crippen LogP contribution is 2.42. The fraction of sp³-hybridized carbons (Fsp3) is 0.417. The second-order valence-electron chi connectivity index (χ2n) is 4.56. The van der Waals surface area contributed by atoms with E-state index in [1.165, 1.54) is 18.2 Å². The van der Waals surface area contributed by atoms with Crippen molar-refractivity contribution in [3.8, 4) is 11.5 Å². The molecule has 3 rings (SSSR count). The van der Waals surface area contributed by atoms with Crippen molar-refractivity contribution in [3.63, 3.8) is 0 Å². The van der Waals surface area contributed by atoms with Crippen LogP contribution in [-0.4, -0.2) is 18.4 Å². The van der Waals surface area contributed by atoms with Gasteiger partial charge in [-0.15, -0.1) is 8.78 Å². The number of nitrogens with one attached hydrogen (secondary N) is 2. The molecule has 7 heteroatoms. The van der Waals surface area contributed by atoms with Crippen LogP contribution in [0.25, 0.3) is 0 Å². The monoisotopic (exact) mass is 270 g/mol. The van der Waals surface area contributed by atoms with Crippen LogP contribution in [0.15, 0.2) is 18.2 Å². The molecular formula is C12H12F2N2O3. The van der Waals surface area contributed by atoms with Crippen molar-refractivity contribution in [2.75, 3.05) is 5.32 Å². The van der Waals surface area contributed by atoms with E-state index in [4.69, 9.17) is 0 Å². The highest BCUT2D eigenvalue weighted by atomic mass is 19.3. The van der Waals surface area contributed by atoms with E-state index in [1.54, 1.807) is 0 Å². The van der Waals surface area contributed by atoms with Crippen LogP contribution in [0.1, 0.15) is 19.3 Å². The minimum atomic E-state index is -3.64. The Labute approximate surface area is 107 Å². The number of carbonyl (C=O) groups is 1. The molecular weight excluding hydrogens is 258 g/mol. The molecule has 2 aliphatic rings. The summed E-state index contributed by atoms with van der Waals surface area (Å²) in [7, 11) is 0. The van der Waals surface area contributed by atoms with Crippen molar-refractivity contribution in [3.05, 3.63) is 18.2 Å². The summed E-state index contributed by atoms with van der Waals surface area (Å²) in [5, 5.41) is 5.35. The number of ether oxygens (including phenoxy) is 2. The van der Waals surface area contributed by atoms with Crippen molar-refractivity contribution in [1.82, 2.24) is 5.32 Å². The molecule has 0 bridgehead atoms. The van der Waals surface area contributed by atoms with E-state index in [9.17, 15) is 13.6 Å². The van der Waals surface area contributed by atoms with E-state index in [0.717, 1.165) is 19.3 Å². The average molecular weight is 270 g/mol. The number of halogens is 2. The Kier molecular flexibility index (Phi) is 2.69. The molecule has 5 nitrogen and oxygen atoms in total. The number of carbonyl (C=O) groups excluding carboxylic acids is 1. The number of hydrogen-bond acceptors (Lipinski definition) is 3. The van der Waals surface area contributed by atoms with Gasteiger partial charge in [0.25, 0.3) is 0 Å². The van der Waals surface area contributed by atoms with Crippen LogP contribution >= 0.6 is 0 Å². The zero-order chi connectivity index (χ0) is 13.5. The summed E-state index contributed by atoms with van der Waals surface area (Å²) in [4.78, 5) is 11.6. The number of fused-ring (bicyclic) bond motifs is 1. The first-order valence-electron chi connectivity index (χ1n) is 5.99. The maximum Gasteiger partial charge on any atom is 0.586 e. The minimum absolute atomic E-state index is 0.0463. The zero-order valence-corrected chi connectivity index (χ0v) is 9.91. The number of urea groups is 1. The molecule has 102 valence electrons. The normalized spacial score (nSPS) is 19.7. The Bertz CT molecular complexity index is 518. The lowest BCUT2D eigenvalue weighted by atomic mass is 9.93. The van der Waals surface area contributed by atoms with Gasteiger partial charge < -0.3 is 20.1 Å². The van der Waals surface area contributed by atoms with Gasteiger partial charge in [-0.2, -0.15) is 0 Å². The van der Waals surface area contributed by atoms with Crippen LogP contribution in [0, 0.1) is 0 Å². The first-order chi connectivity index (χ1) is 9.02. The first-order valence-corrected chi connectivity index (χ1v) is 5.99. The number of hydrogen-bond donors (Lipinski definition) is 2. The molecule has 19 heavy (non-hydrogen) atoms. The Morgan fingerprint density at radius 1 is 1.26 bits per heavy atom. The largest absolute Gasteiger partial charge is 0.586 e. The number of rotatable bonds is 2. The summed E-state index contributed by atoms with van der Waals surface area (Å²) < 4.78 is 34.2. The molecule has 2 N–H and O–H groups in total. The molecule has 1 heterocycles. The van der Waals surface area contributed by atoms with Gasteiger partial charge >= 0.3 is 12.3 Å². The SMILES string of the molecule is O=C(Nc1ccc2c(c1)OC(F)(F)O2)NC1CCC1. The fourth-order valence-corrected chi connectivity index (χ4v) is 1.93. The van der Waals surface area contributed by atoms with Crippen LogP contribution in [0.5, 0.6) is 11.5 Å². The predicted octanol–water partition coefficient (Wildman–Crippen LogP) is 2.68. The predicted molar refractivity (Wildman–Crippen MR) is 62.4 cm³/mol. The Balaban J connectivity index is 1.65. The molecule has 1 fully saturated rings. The minimum Gasteiger partial charge on any atom is -0.395 e. The number of amides is 2. The summed E-state index contributed by atoms with van der Waals surface area (Å²) in [5.41, 5.74) is 0.372. The van der Waals surface area contributed by atoms with Crippen LogP contribution in [0.3, 0.4) is 0 Å². The Morgan fingerprint density at radius 3 is 2.68 bits per heavy atom. The third-order valence-corrected chi connectivity index (χ3v) is 3.10. The van der Waals surface area contributed by atoms with Crippen molar-refractivity contribution in [2.45, 2.75) is 31.6 Å². The average Bonchev–Trinajstić information content (AvgIpc) is 2.57. The third-order valence-electron chi connectivity index (χ3n) is 3.10. The molecule has 1 saturated carbocycles. The maximum atomic E-state index is 12.8. The molecule has 0 atom stereocenters. The molecule has 0 saturated heterocycles. The highest BCUT2D eigenvalue weighted by molar-refractivity contribution is 5.89. The van der Waals surface area contributed by atoms with E-state index < -0.39 is 6.29 Å². The van der Waals surface area contributed by atoms with Gasteiger partial charge in [0.1, 0.15) is 0 Å². The van der Waals surface area contributed by atoms with Gasteiger partial charge in [0.05, 0.1) is 0 Å². The lowest BCUT2D eigenvalue weighted by Crippen LogP contribution is -2.41. The molecule has 2 amide bonds. The van der Waals surface area contributed by atoms with E-state index >= 15 is 0 Å². The number of benzene rings is 1. The van der Waals surface area contributed by atoms with Crippen LogP contribution in [-0.2, 0) is 0 Å². The van der Waals surface area contributed by atoms with Crippen LogP contribution in [0.2, 0.25) is 0 Å². The fourth-order valence-electron chi connectivity index (χ4n) is 1.93. The third kappa shape index (κ3) is 2.54. The van der Waals surface area contributed by atoms with Gasteiger partial charge in [-0.1, -0.05) is 0 Å². The van der Waals surface area contributed by atoms with Gasteiger partial charge in [-0.3, -0.25) is 0 Å². The highest BCUT2D eigenvalue weighted by Gasteiger charge is 2.43. The molecule has 0 spiro atoms. The van der Waals surface area contributed by atoms with Gasteiger partial charge in [-0.05, 0) is 31.4 Å². The smallest absolute Gasteiger partial charge is 0.395 e. The van der Waals surface area contributed by atoms with Crippen LogP contribution < -0.4 is 20.1 Å².